The van der Waals surface area contributed by atoms with E-state index in [9.17, 15) is 0 Å². The van der Waals surface area contributed by atoms with Crippen LogP contribution < -0.4 is 0 Å². The maximum atomic E-state index is 8.91. The fraction of sp³-hybridized carbons (Fsp3) is 1.00. The Labute approximate surface area is 121 Å². The Balaban J connectivity index is 0.000000292. The average Bonchev–Trinajstić information content (AvgIpc) is 2.31. The molecule has 102 valence electrons. The molecule has 2 aliphatic carbocycles. The number of hydrogen-bond donors (Lipinski definition) is 1. The normalized spacial score (nSPS) is 29.8. The third-order valence-electron chi connectivity index (χ3n) is 3.97. The van der Waals surface area contributed by atoms with Crippen LogP contribution >= 0.6 is 0 Å². The smallest absolute Gasteiger partial charge is 0.0540 e. The van der Waals surface area contributed by atoms with Crippen LogP contribution in [0.2, 0.25) is 0 Å². The van der Waals surface area contributed by atoms with E-state index in [0.29, 0.717) is 6.04 Å². The first-order valence-electron chi connectivity index (χ1n) is 7.01. The number of hydrogen-bond acceptors (Lipinski definition) is 1. The molecule has 0 aromatic carbocycles. The van der Waals surface area contributed by atoms with Crippen LogP contribution in [-0.4, -0.2) is 24.3 Å². The van der Waals surface area contributed by atoms with Crippen LogP contribution in [-0.2, 0) is 21.1 Å². The molecule has 3 heteroatoms. The van der Waals surface area contributed by atoms with Gasteiger partial charge in [0.05, 0.1) is 6.10 Å². The minimum atomic E-state index is 0. The van der Waals surface area contributed by atoms with Gasteiger partial charge in [-0.25, -0.2) is 0 Å². The molecular weight excluding hydrogens is 382 g/mol. The monoisotopic (exact) mass is 410 g/mol. The van der Waals surface area contributed by atoms with Crippen LogP contribution in [0.25, 0.3) is 5.32 Å². The molecular formula is C14H28NOW-. The van der Waals surface area contributed by atoms with Gasteiger partial charge in [0.15, 0.2) is 0 Å². The minimum absolute atomic E-state index is 0. The second-order valence-corrected chi connectivity index (χ2v) is 5.38. The van der Waals surface area contributed by atoms with Crippen molar-refractivity contribution in [3.63, 3.8) is 0 Å². The van der Waals surface area contributed by atoms with Gasteiger partial charge in [0, 0.05) is 21.1 Å². The van der Waals surface area contributed by atoms with Gasteiger partial charge >= 0.3 is 0 Å². The fourth-order valence-electron chi connectivity index (χ4n) is 2.76. The molecule has 1 N–H and O–H groups in total. The second kappa shape index (κ2) is 10.5. The van der Waals surface area contributed by atoms with Gasteiger partial charge < -0.3 is 10.4 Å². The van der Waals surface area contributed by atoms with Crippen molar-refractivity contribution in [1.82, 2.24) is 0 Å². The molecule has 0 spiro atoms. The van der Waals surface area contributed by atoms with E-state index in [1.807, 2.05) is 7.05 Å². The van der Waals surface area contributed by atoms with Crippen LogP contribution in [0, 0.1) is 5.92 Å². The second-order valence-electron chi connectivity index (χ2n) is 5.38. The van der Waals surface area contributed by atoms with Gasteiger partial charge in [0.2, 0.25) is 0 Å². The van der Waals surface area contributed by atoms with Gasteiger partial charge in [0.1, 0.15) is 0 Å². The summed E-state index contributed by atoms with van der Waals surface area (Å²) in [4.78, 5) is 0. The van der Waals surface area contributed by atoms with Crippen molar-refractivity contribution >= 4 is 0 Å². The van der Waals surface area contributed by atoms with E-state index in [1.54, 1.807) is 0 Å². The van der Waals surface area contributed by atoms with Crippen LogP contribution in [0.4, 0.5) is 0 Å². The standard InChI is InChI=1S/C8H16N.C6H12O.W/c1-7-5-3-4-6-8(7)9-2;7-6-4-2-1-3-5-6;/h7-8H,3-6H2,1-2H3;6-7H,1-5H2;/q-1;;. The zero-order valence-corrected chi connectivity index (χ0v) is 14.3. The maximum Gasteiger partial charge on any atom is 0.0540 e. The van der Waals surface area contributed by atoms with Gasteiger partial charge in [0.25, 0.3) is 0 Å². The molecule has 17 heavy (non-hydrogen) atoms. The van der Waals surface area contributed by atoms with Crippen molar-refractivity contribution in [3.8, 4) is 0 Å². The Morgan fingerprint density at radius 2 is 1.41 bits per heavy atom. The molecule has 2 unspecified atom stereocenters. The molecule has 0 heterocycles. The molecule has 0 radical (unpaired) electrons. The van der Waals surface area contributed by atoms with Gasteiger partial charge in [-0.1, -0.05) is 57.8 Å². The third kappa shape index (κ3) is 7.59. The Hall–Kier alpha value is 0.608. The van der Waals surface area contributed by atoms with Crippen molar-refractivity contribution in [1.29, 1.82) is 0 Å². The molecule has 2 rings (SSSR count). The molecule has 0 amide bonds. The first-order valence-corrected chi connectivity index (χ1v) is 7.01. The molecule has 2 atom stereocenters. The van der Waals surface area contributed by atoms with Crippen LogP contribution in [0.1, 0.15) is 64.7 Å². The zero-order valence-electron chi connectivity index (χ0n) is 11.4. The van der Waals surface area contributed by atoms with E-state index in [1.165, 1.54) is 44.9 Å². The van der Waals surface area contributed by atoms with Crippen LogP contribution in [0.5, 0.6) is 0 Å². The SMILES string of the molecule is C[N-]C1CCCCC1C.OC1CCCCC1.[W]. The van der Waals surface area contributed by atoms with Crippen molar-refractivity contribution in [2.45, 2.75) is 76.9 Å². The quantitative estimate of drug-likeness (QED) is 0.700. The summed E-state index contributed by atoms with van der Waals surface area (Å²) in [5.74, 6) is 0.851. The molecule has 2 saturated carbocycles. The maximum absolute atomic E-state index is 8.91. The first-order chi connectivity index (χ1) is 7.74. The average molecular weight is 410 g/mol. The topological polar surface area (TPSA) is 34.3 Å². The van der Waals surface area contributed by atoms with E-state index in [4.69, 9.17) is 5.11 Å². The largest absolute Gasteiger partial charge is 0.662 e. The molecule has 2 aliphatic rings. The predicted octanol–water partition coefficient (Wildman–Crippen LogP) is 3.88. The molecule has 0 aromatic heterocycles. The Kier molecular flexibility index (Phi) is 10.9. The summed E-state index contributed by atoms with van der Waals surface area (Å²) in [6.07, 6.45) is 11.5. The summed E-state index contributed by atoms with van der Waals surface area (Å²) in [6.45, 7) is 2.32. The van der Waals surface area contributed by atoms with E-state index in [0.717, 1.165) is 18.8 Å². The molecule has 2 fully saturated rings. The Morgan fingerprint density at radius 3 is 1.76 bits per heavy atom. The van der Waals surface area contributed by atoms with Crippen LogP contribution in [0.15, 0.2) is 0 Å². The molecule has 0 bridgehead atoms. The minimum Gasteiger partial charge on any atom is -0.662 e. The number of nitrogens with zero attached hydrogens (tertiary/aromatic N) is 1. The van der Waals surface area contributed by atoms with E-state index < -0.39 is 0 Å². The number of aliphatic hydroxyl groups excluding tert-OH is 1. The van der Waals surface area contributed by atoms with Gasteiger partial charge in [-0.05, 0) is 12.8 Å². The molecule has 0 aromatic rings. The predicted molar refractivity (Wildman–Crippen MR) is 69.8 cm³/mol. The van der Waals surface area contributed by atoms with Gasteiger partial charge in [-0.3, -0.25) is 0 Å². The Morgan fingerprint density at radius 1 is 0.882 bits per heavy atom. The molecule has 2 nitrogen and oxygen atoms in total. The summed E-state index contributed by atoms with van der Waals surface area (Å²) in [6, 6.07) is 0.679. The first kappa shape index (κ1) is 17.6. The number of rotatable bonds is 1. The van der Waals surface area contributed by atoms with Crippen molar-refractivity contribution in [2.75, 3.05) is 7.05 Å². The van der Waals surface area contributed by atoms with Crippen LogP contribution in [0.3, 0.4) is 0 Å². The zero-order chi connectivity index (χ0) is 11.8. The third-order valence-corrected chi connectivity index (χ3v) is 3.97. The summed E-state index contributed by atoms with van der Waals surface area (Å²) >= 11 is 0. The summed E-state index contributed by atoms with van der Waals surface area (Å²) in [5, 5.41) is 13.2. The van der Waals surface area contributed by atoms with Crippen molar-refractivity contribution < 1.29 is 26.2 Å². The van der Waals surface area contributed by atoms with Gasteiger partial charge in [-0.15, -0.1) is 6.04 Å². The number of aliphatic hydroxyl groups is 1. The van der Waals surface area contributed by atoms with Crippen molar-refractivity contribution in [2.24, 2.45) is 5.92 Å². The summed E-state index contributed by atoms with van der Waals surface area (Å²) in [7, 11) is 1.95. The van der Waals surface area contributed by atoms with Gasteiger partial charge in [-0.2, -0.15) is 7.05 Å². The van der Waals surface area contributed by atoms with Crippen molar-refractivity contribution in [3.05, 3.63) is 5.32 Å². The van der Waals surface area contributed by atoms with E-state index >= 15 is 0 Å². The van der Waals surface area contributed by atoms with E-state index in [-0.39, 0.29) is 27.2 Å². The molecule has 0 saturated heterocycles. The Bertz CT molecular complexity index is 172. The summed E-state index contributed by atoms with van der Waals surface area (Å²) in [5.41, 5.74) is 0. The molecule has 0 aliphatic heterocycles. The summed E-state index contributed by atoms with van der Waals surface area (Å²) < 4.78 is 0. The fourth-order valence-corrected chi connectivity index (χ4v) is 2.76. The van der Waals surface area contributed by atoms with E-state index in [2.05, 4.69) is 12.2 Å².